The lowest BCUT2D eigenvalue weighted by atomic mass is 9.76. The fraction of sp³-hybridized carbons (Fsp3) is 0.917. The summed E-state index contributed by atoms with van der Waals surface area (Å²) in [5.74, 6) is -0.378. The molecule has 0 spiro atoms. The Kier molecular flexibility index (Phi) is 9.44. The van der Waals surface area contributed by atoms with Gasteiger partial charge in [-0.3, -0.25) is 9.59 Å². The van der Waals surface area contributed by atoms with Crippen molar-refractivity contribution in [2.24, 2.45) is 11.8 Å². The number of amides is 2. The number of rotatable bonds is 8. The summed E-state index contributed by atoms with van der Waals surface area (Å²) in [4.78, 5) is 31.1. The highest BCUT2D eigenvalue weighted by atomic mass is 16.3. The van der Waals surface area contributed by atoms with Crippen LogP contribution in [0, 0.1) is 11.8 Å². The fourth-order valence-electron chi connectivity index (χ4n) is 6.10. The van der Waals surface area contributed by atoms with Gasteiger partial charge in [0.05, 0.1) is 13.2 Å². The van der Waals surface area contributed by atoms with Gasteiger partial charge in [-0.2, -0.15) is 0 Å². The third kappa shape index (κ3) is 5.76. The summed E-state index contributed by atoms with van der Waals surface area (Å²) in [5.41, 5.74) is 0. The van der Waals surface area contributed by atoms with Crippen LogP contribution in [0.4, 0.5) is 0 Å². The van der Waals surface area contributed by atoms with E-state index in [2.05, 4.69) is 4.90 Å². The number of nitrogens with zero attached hydrogens (tertiary/aromatic N) is 2. The average molecular weight is 423 g/mol. The predicted octanol–water partition coefficient (Wildman–Crippen LogP) is 3.10. The molecule has 0 saturated heterocycles. The van der Waals surface area contributed by atoms with Gasteiger partial charge in [-0.05, 0) is 38.5 Å². The highest BCUT2D eigenvalue weighted by Crippen LogP contribution is 2.37. The summed E-state index contributed by atoms with van der Waals surface area (Å²) < 4.78 is 0. The minimum atomic E-state index is -0.306. The third-order valence-electron chi connectivity index (χ3n) is 7.64. The molecule has 2 amide bonds. The molecular weight excluding hydrogens is 380 g/mol. The molecule has 2 atom stereocenters. The predicted molar refractivity (Wildman–Crippen MR) is 117 cm³/mol. The Morgan fingerprint density at radius 1 is 0.600 bits per heavy atom. The highest BCUT2D eigenvalue weighted by molar-refractivity contribution is 5.88. The molecule has 3 saturated carbocycles. The molecule has 30 heavy (non-hydrogen) atoms. The van der Waals surface area contributed by atoms with E-state index >= 15 is 0 Å². The van der Waals surface area contributed by atoms with Crippen LogP contribution in [-0.4, -0.2) is 70.2 Å². The summed E-state index contributed by atoms with van der Waals surface area (Å²) in [6.07, 6.45) is 15.3. The second kappa shape index (κ2) is 12.0. The molecule has 0 heterocycles. The molecule has 3 aliphatic carbocycles. The third-order valence-corrected chi connectivity index (χ3v) is 7.64. The molecule has 3 rings (SSSR count). The molecule has 3 aliphatic rings. The fourth-order valence-corrected chi connectivity index (χ4v) is 6.10. The van der Waals surface area contributed by atoms with Gasteiger partial charge in [-0.1, -0.05) is 51.4 Å². The largest absolute Gasteiger partial charge is 0.395 e. The second-order valence-corrected chi connectivity index (χ2v) is 9.60. The first kappa shape index (κ1) is 23.5. The Hall–Kier alpha value is -1.14. The van der Waals surface area contributed by atoms with Crippen molar-refractivity contribution in [3.8, 4) is 0 Å². The Morgan fingerprint density at radius 3 is 1.43 bits per heavy atom. The molecule has 0 aromatic heterocycles. The lowest BCUT2D eigenvalue weighted by Crippen LogP contribution is -2.54. The van der Waals surface area contributed by atoms with Gasteiger partial charge in [0, 0.05) is 37.0 Å². The van der Waals surface area contributed by atoms with E-state index in [0.29, 0.717) is 12.1 Å². The maximum Gasteiger partial charge on any atom is 0.226 e. The van der Waals surface area contributed by atoms with Crippen molar-refractivity contribution < 1.29 is 19.8 Å². The number of aliphatic hydroxyl groups excluding tert-OH is 2. The summed E-state index contributed by atoms with van der Waals surface area (Å²) in [6, 6.07) is 0.691. The highest BCUT2D eigenvalue weighted by Gasteiger charge is 2.43. The van der Waals surface area contributed by atoms with Crippen molar-refractivity contribution in [3.05, 3.63) is 0 Å². The number of carbonyl (C=O) groups excluding carboxylic acids is 2. The molecule has 0 aliphatic heterocycles. The monoisotopic (exact) mass is 422 g/mol. The number of hydrogen-bond acceptors (Lipinski definition) is 4. The molecule has 6 heteroatoms. The Bertz CT molecular complexity index is 519. The maximum absolute atomic E-state index is 14.0. The SMILES string of the molecule is O=C(C1CCCCC1C(=O)N(C1CCCCC1)C1CCCCC1)N(CCO)CCO. The van der Waals surface area contributed by atoms with E-state index in [1.54, 1.807) is 4.90 Å². The van der Waals surface area contributed by atoms with E-state index in [9.17, 15) is 19.8 Å². The molecular formula is C24H42N2O4. The van der Waals surface area contributed by atoms with E-state index < -0.39 is 0 Å². The smallest absolute Gasteiger partial charge is 0.226 e. The van der Waals surface area contributed by atoms with E-state index in [1.165, 1.54) is 38.5 Å². The van der Waals surface area contributed by atoms with Crippen molar-refractivity contribution in [3.63, 3.8) is 0 Å². The van der Waals surface area contributed by atoms with E-state index in [1.807, 2.05) is 0 Å². The molecule has 0 aromatic carbocycles. The molecule has 172 valence electrons. The van der Waals surface area contributed by atoms with Gasteiger partial charge in [-0.15, -0.1) is 0 Å². The molecule has 0 radical (unpaired) electrons. The molecule has 0 aromatic rings. The van der Waals surface area contributed by atoms with Crippen molar-refractivity contribution in [2.75, 3.05) is 26.3 Å². The number of aliphatic hydroxyl groups is 2. The molecule has 2 unspecified atom stereocenters. The van der Waals surface area contributed by atoms with Crippen LogP contribution in [0.1, 0.15) is 89.9 Å². The molecule has 3 fully saturated rings. The zero-order chi connectivity index (χ0) is 21.3. The van der Waals surface area contributed by atoms with E-state index in [4.69, 9.17) is 0 Å². The quantitative estimate of drug-likeness (QED) is 0.630. The first-order valence-corrected chi connectivity index (χ1v) is 12.5. The van der Waals surface area contributed by atoms with Crippen molar-refractivity contribution in [1.82, 2.24) is 9.80 Å². The minimum Gasteiger partial charge on any atom is -0.395 e. The van der Waals surface area contributed by atoms with Gasteiger partial charge in [-0.25, -0.2) is 0 Å². The van der Waals surface area contributed by atoms with Crippen LogP contribution in [0.25, 0.3) is 0 Å². The van der Waals surface area contributed by atoms with E-state index in [0.717, 1.165) is 51.4 Å². The van der Waals surface area contributed by atoms with Gasteiger partial charge < -0.3 is 20.0 Å². The summed E-state index contributed by atoms with van der Waals surface area (Å²) in [5, 5.41) is 18.7. The molecule has 6 nitrogen and oxygen atoms in total. The molecule has 0 bridgehead atoms. The Labute approximate surface area is 182 Å². The topological polar surface area (TPSA) is 81.1 Å². The first-order chi connectivity index (χ1) is 14.7. The maximum atomic E-state index is 14.0. The number of carbonyl (C=O) groups is 2. The van der Waals surface area contributed by atoms with Crippen LogP contribution in [-0.2, 0) is 9.59 Å². The van der Waals surface area contributed by atoms with Crippen molar-refractivity contribution >= 4 is 11.8 Å². The lowest BCUT2D eigenvalue weighted by Gasteiger charge is -2.45. The van der Waals surface area contributed by atoms with Gasteiger partial charge in [0.15, 0.2) is 0 Å². The van der Waals surface area contributed by atoms with Crippen LogP contribution in [0.3, 0.4) is 0 Å². The van der Waals surface area contributed by atoms with Crippen LogP contribution >= 0.6 is 0 Å². The first-order valence-electron chi connectivity index (χ1n) is 12.5. The van der Waals surface area contributed by atoms with Gasteiger partial charge >= 0.3 is 0 Å². The van der Waals surface area contributed by atoms with Crippen LogP contribution in [0.15, 0.2) is 0 Å². The van der Waals surface area contributed by atoms with Crippen molar-refractivity contribution in [2.45, 2.75) is 102 Å². The van der Waals surface area contributed by atoms with Gasteiger partial charge in [0.2, 0.25) is 11.8 Å². The number of hydrogen-bond donors (Lipinski definition) is 2. The second-order valence-electron chi connectivity index (χ2n) is 9.60. The van der Waals surface area contributed by atoms with Crippen LogP contribution in [0.5, 0.6) is 0 Å². The summed E-state index contributed by atoms with van der Waals surface area (Å²) >= 11 is 0. The average Bonchev–Trinajstić information content (AvgIpc) is 2.80. The zero-order valence-corrected chi connectivity index (χ0v) is 18.6. The van der Waals surface area contributed by atoms with Gasteiger partial charge in [0.25, 0.3) is 0 Å². The van der Waals surface area contributed by atoms with Crippen molar-refractivity contribution in [1.29, 1.82) is 0 Å². The standard InChI is InChI=1S/C24H42N2O4/c27-17-15-25(16-18-28)23(29)21-13-7-8-14-22(21)24(30)26(19-9-3-1-4-10-19)20-11-5-2-6-12-20/h19-22,27-28H,1-18H2. The zero-order valence-electron chi connectivity index (χ0n) is 18.6. The Balaban J connectivity index is 1.80. The van der Waals surface area contributed by atoms with Gasteiger partial charge in [0.1, 0.15) is 0 Å². The Morgan fingerprint density at radius 2 is 1.00 bits per heavy atom. The summed E-state index contributed by atoms with van der Waals surface area (Å²) in [6.45, 7) is 0.220. The molecule has 2 N–H and O–H groups in total. The lowest BCUT2D eigenvalue weighted by molar-refractivity contribution is -0.153. The van der Waals surface area contributed by atoms with Crippen LogP contribution < -0.4 is 0 Å². The van der Waals surface area contributed by atoms with Crippen LogP contribution in [0.2, 0.25) is 0 Å². The summed E-state index contributed by atoms with van der Waals surface area (Å²) in [7, 11) is 0. The normalized spacial score (nSPS) is 26.3. The minimum absolute atomic E-state index is 0.0524. The van der Waals surface area contributed by atoms with E-state index in [-0.39, 0.29) is 50.0 Å².